The highest BCUT2D eigenvalue weighted by atomic mass is 32.1. The topological polar surface area (TPSA) is 657 Å². The van der Waals surface area contributed by atoms with Crippen LogP contribution in [0.25, 0.3) is 0 Å². The Balaban J connectivity index is 5.35. The standard InChI is InChI=1S/C56H94N20O23S6/c1-21(66-49(91)29(15-100)69-45(87)23(3)63-38(82)12-60-37(81)11-59-36(80)10-58-35(79)9-57)43(85)61-13-39(83)64-24(4)46(88)71-33(19-104)53(95)76-42(28(8)78)55(97)73-32(18-103)51(93)72-30(16-101)50(92)67-22(2)44(86)62-14-40(84)65-25(5)48(90)75-41(27(7)77)54(96)68-26(6)47(89)70-31(17-102)52(94)74-34(20-105)56(98)99/h21-34,41-42,77-78,100-105H,9-20,57H2,1-8H3,(H,58,79)(H,59,80)(H,60,81)(H,61,85)(H,62,86)(H,63,82)(H,64,83)(H,65,84)(H,66,91)(H,67,92)(H,68,96)(H,69,87)(H,70,89)(H,71,88)(H,72,93)(H,73,97)(H,74,94)(H,75,90)(H,76,95)(H,98,99)/t21-,22-,23-,24-,25-,26-,27+,28+,29-,30-,31-,32-,33-,34-,41-,42-/m0/s1. The number of aliphatic carboxylic acids is 1. The van der Waals surface area contributed by atoms with Crippen molar-refractivity contribution in [3.05, 3.63) is 0 Å². The van der Waals surface area contributed by atoms with Crippen molar-refractivity contribution in [1.82, 2.24) is 101 Å². The fourth-order valence-electron chi connectivity index (χ4n) is 7.77. The molecule has 49 heteroatoms. The van der Waals surface area contributed by atoms with E-state index in [2.05, 4.69) is 177 Å². The lowest BCUT2D eigenvalue weighted by molar-refractivity contribution is -0.141. The Morgan fingerprint density at radius 2 is 0.467 bits per heavy atom. The average Bonchev–Trinajstić information content (AvgIpc) is 0.951. The molecule has 16 atom stereocenters. The first-order chi connectivity index (χ1) is 49.1. The van der Waals surface area contributed by atoms with Crippen molar-refractivity contribution in [2.75, 3.05) is 73.8 Å². The van der Waals surface area contributed by atoms with Crippen molar-refractivity contribution in [1.29, 1.82) is 0 Å². The molecular weight excluding hydrogens is 1510 g/mol. The van der Waals surface area contributed by atoms with Gasteiger partial charge in [-0.3, -0.25) is 91.1 Å². The van der Waals surface area contributed by atoms with Gasteiger partial charge in [0.2, 0.25) is 112 Å². The number of amides is 19. The van der Waals surface area contributed by atoms with Gasteiger partial charge in [-0.05, 0) is 55.4 Å². The minimum absolute atomic E-state index is 0.270. The zero-order chi connectivity index (χ0) is 80.7. The number of aliphatic hydroxyl groups is 2. The van der Waals surface area contributed by atoms with Crippen LogP contribution in [0.4, 0.5) is 0 Å². The zero-order valence-corrected chi connectivity index (χ0v) is 63.4. The highest BCUT2D eigenvalue weighted by Gasteiger charge is 2.36. The van der Waals surface area contributed by atoms with E-state index in [-0.39, 0.29) is 23.8 Å². The molecule has 0 saturated heterocycles. The lowest BCUT2D eigenvalue weighted by Gasteiger charge is -2.27. The maximum atomic E-state index is 13.5. The van der Waals surface area contributed by atoms with E-state index < -0.39 is 265 Å². The Hall–Kier alpha value is -8.62. The maximum Gasteiger partial charge on any atom is 0.327 e. The summed E-state index contributed by atoms with van der Waals surface area (Å²) < 4.78 is 0. The van der Waals surface area contributed by atoms with Crippen LogP contribution in [-0.2, 0) is 95.9 Å². The van der Waals surface area contributed by atoms with Crippen molar-refractivity contribution in [3.8, 4) is 0 Å². The summed E-state index contributed by atoms with van der Waals surface area (Å²) in [6.45, 7) is 5.99. The quantitative estimate of drug-likeness (QED) is 0.0252. The van der Waals surface area contributed by atoms with Gasteiger partial charge in [0.25, 0.3) is 0 Å². The van der Waals surface area contributed by atoms with Crippen molar-refractivity contribution in [2.45, 2.75) is 152 Å². The molecule has 105 heavy (non-hydrogen) atoms. The summed E-state index contributed by atoms with van der Waals surface area (Å²) in [7, 11) is 0. The van der Waals surface area contributed by atoms with Gasteiger partial charge in [-0.1, -0.05) is 0 Å². The Labute approximate surface area is 634 Å². The highest BCUT2D eigenvalue weighted by molar-refractivity contribution is 7.81. The minimum Gasteiger partial charge on any atom is -0.480 e. The molecule has 24 N–H and O–H groups in total. The fourth-order valence-corrected chi connectivity index (χ4v) is 9.30. The molecule has 0 aliphatic carbocycles. The summed E-state index contributed by atoms with van der Waals surface area (Å²) in [6.07, 6.45) is -3.25. The summed E-state index contributed by atoms with van der Waals surface area (Å²) in [5.41, 5.74) is 5.12. The first kappa shape index (κ1) is 96.4. The van der Waals surface area contributed by atoms with E-state index >= 15 is 0 Å². The molecule has 0 saturated carbocycles. The van der Waals surface area contributed by atoms with Crippen LogP contribution < -0.4 is 107 Å². The smallest absolute Gasteiger partial charge is 0.327 e. The first-order valence-electron chi connectivity index (χ1n) is 31.6. The number of carboxylic acid groups (broad SMARTS) is 1. The third kappa shape index (κ3) is 36.8. The molecule has 0 rings (SSSR count). The first-order valence-corrected chi connectivity index (χ1v) is 35.4. The largest absolute Gasteiger partial charge is 0.480 e. The van der Waals surface area contributed by atoms with Gasteiger partial charge in [-0.25, -0.2) is 4.79 Å². The van der Waals surface area contributed by atoms with Gasteiger partial charge in [0.05, 0.1) is 51.5 Å². The Morgan fingerprint density at radius 3 is 0.771 bits per heavy atom. The van der Waals surface area contributed by atoms with E-state index in [1.807, 2.05) is 0 Å². The van der Waals surface area contributed by atoms with Crippen molar-refractivity contribution in [2.24, 2.45) is 5.73 Å². The number of carboxylic acids is 1. The van der Waals surface area contributed by atoms with E-state index in [0.717, 1.165) is 13.8 Å². The second kappa shape index (κ2) is 50.0. The predicted molar refractivity (Wildman–Crippen MR) is 389 cm³/mol. The number of nitrogens with two attached hydrogens (primary N) is 1. The number of carbonyl (C=O) groups is 20. The molecule has 43 nitrogen and oxygen atoms in total. The number of hydrogen-bond acceptors (Lipinski definition) is 29. The number of carbonyl (C=O) groups excluding carboxylic acids is 19. The van der Waals surface area contributed by atoms with Crippen molar-refractivity contribution >= 4 is 194 Å². The molecule has 0 unspecified atom stereocenters. The van der Waals surface area contributed by atoms with E-state index in [4.69, 9.17) is 5.73 Å². The SMILES string of the molecule is C[C@H](NC(=O)CNC(=O)CNC(=O)CNC(=O)CN)C(=O)N[C@@H](CS)C(=O)N[C@@H](C)C(=O)NCC(=O)N[C@@H](C)C(=O)N[C@@H](CS)C(=O)N[C@H](C(=O)N[C@@H](CS)C(=O)N[C@@H](CS)C(=O)N[C@@H](C)C(=O)NCC(=O)N[C@@H](C)C(=O)N[C@H](C(=O)N[C@@H](C)C(=O)N[C@@H](CS)C(=O)N[C@@H](CS)C(=O)O)[C@@H](C)O)[C@@H](C)O. The second-order valence-corrected chi connectivity index (χ2v) is 25.0. The Kier molecular flexibility index (Phi) is 45.9. The monoisotopic (exact) mass is 1610 g/mol. The van der Waals surface area contributed by atoms with Crippen LogP contribution in [0.15, 0.2) is 0 Å². The van der Waals surface area contributed by atoms with Crippen LogP contribution in [0, 0.1) is 0 Å². The Morgan fingerprint density at radius 1 is 0.257 bits per heavy atom. The normalized spacial score (nSPS) is 15.4. The summed E-state index contributed by atoms with van der Waals surface area (Å²) in [4.78, 5) is 254. The van der Waals surface area contributed by atoms with Crippen LogP contribution in [0.3, 0.4) is 0 Å². The number of rotatable bonds is 47. The van der Waals surface area contributed by atoms with Gasteiger partial charge in [0.15, 0.2) is 0 Å². The van der Waals surface area contributed by atoms with Crippen LogP contribution >= 0.6 is 75.8 Å². The summed E-state index contributed by atoms with van der Waals surface area (Å²) in [5.74, 6) is -21.2. The molecule has 0 spiro atoms. The molecule has 592 valence electrons. The third-order valence-electron chi connectivity index (χ3n) is 13.9. The molecule has 0 aromatic rings. The molecule has 0 radical (unpaired) electrons. The van der Waals surface area contributed by atoms with Crippen LogP contribution in [0.5, 0.6) is 0 Å². The van der Waals surface area contributed by atoms with E-state index in [9.17, 15) is 111 Å². The fraction of sp³-hybridized carbons (Fsp3) is 0.643. The van der Waals surface area contributed by atoms with Gasteiger partial charge in [0.1, 0.15) is 84.6 Å². The van der Waals surface area contributed by atoms with Gasteiger partial charge < -0.3 is 122 Å². The highest BCUT2D eigenvalue weighted by Crippen LogP contribution is 2.04. The molecule has 19 amide bonds. The van der Waals surface area contributed by atoms with Crippen LogP contribution in [-0.4, -0.2) is 304 Å². The number of aliphatic hydroxyl groups excluding tert-OH is 2. The zero-order valence-electron chi connectivity index (χ0n) is 58.0. The van der Waals surface area contributed by atoms with E-state index in [1.165, 1.54) is 41.5 Å². The minimum atomic E-state index is -1.82. The lowest BCUT2D eigenvalue weighted by atomic mass is 10.1. The predicted octanol–water partition coefficient (Wildman–Crippen LogP) is -14.1. The van der Waals surface area contributed by atoms with Crippen molar-refractivity contribution in [3.63, 3.8) is 0 Å². The summed E-state index contributed by atoms with van der Waals surface area (Å²) >= 11 is 24.2. The number of thiol groups is 6. The second-order valence-electron chi connectivity index (χ2n) is 22.8. The van der Waals surface area contributed by atoms with Gasteiger partial charge in [-0.2, -0.15) is 75.8 Å². The molecule has 0 fully saturated rings. The third-order valence-corrected chi connectivity index (χ3v) is 16.1. The maximum absolute atomic E-state index is 13.5. The van der Waals surface area contributed by atoms with Gasteiger partial charge in [-0.15, -0.1) is 0 Å². The lowest BCUT2D eigenvalue weighted by Crippen LogP contribution is -2.62. The average molecular weight is 1610 g/mol. The summed E-state index contributed by atoms with van der Waals surface area (Å²) in [5, 5.41) is 73.0. The summed E-state index contributed by atoms with van der Waals surface area (Å²) in [6, 6.07) is -20.4. The van der Waals surface area contributed by atoms with Crippen LogP contribution in [0.2, 0.25) is 0 Å². The van der Waals surface area contributed by atoms with E-state index in [1.54, 1.807) is 0 Å². The van der Waals surface area contributed by atoms with Crippen LogP contribution in [0.1, 0.15) is 55.4 Å². The van der Waals surface area contributed by atoms with Crippen molar-refractivity contribution < 1.29 is 111 Å². The van der Waals surface area contributed by atoms with Gasteiger partial charge >= 0.3 is 5.97 Å². The van der Waals surface area contributed by atoms with E-state index in [0.29, 0.717) is 0 Å². The molecule has 0 aliphatic heterocycles. The molecule has 0 aromatic heterocycles. The van der Waals surface area contributed by atoms with Gasteiger partial charge in [0, 0.05) is 34.5 Å². The molecule has 0 bridgehead atoms. The molecule has 0 aliphatic rings. The number of nitrogens with one attached hydrogen (secondary N) is 19. The number of hydrogen-bond donors (Lipinski definition) is 29. The molecule has 0 aromatic carbocycles. The Bertz CT molecular complexity index is 3130. The molecular formula is C56H94N20O23S6. The molecule has 0 heterocycles.